The first-order valence-corrected chi connectivity index (χ1v) is 7.44. The Kier molecular flexibility index (Phi) is 4.28. The van der Waals surface area contributed by atoms with Gasteiger partial charge in [0.15, 0.2) is 0 Å². The fourth-order valence-corrected chi connectivity index (χ4v) is 3.45. The predicted molar refractivity (Wildman–Crippen MR) is 79.7 cm³/mol. The molecule has 18 heavy (non-hydrogen) atoms. The monoisotopic (exact) mass is 311 g/mol. The molecule has 3 nitrogen and oxygen atoms in total. The fourth-order valence-electron chi connectivity index (χ4n) is 2.89. The van der Waals surface area contributed by atoms with E-state index in [0.29, 0.717) is 6.54 Å². The molecule has 4 heteroatoms. The molecule has 2 rings (SSSR count). The number of halogens is 1. The molecule has 0 amide bonds. The van der Waals surface area contributed by atoms with Crippen molar-refractivity contribution in [2.75, 3.05) is 11.9 Å². The average molecular weight is 312 g/mol. The lowest BCUT2D eigenvalue weighted by molar-refractivity contribution is 0.263. The van der Waals surface area contributed by atoms with Gasteiger partial charge in [-0.3, -0.25) is 0 Å². The van der Waals surface area contributed by atoms with E-state index in [0.717, 1.165) is 34.6 Å². The van der Waals surface area contributed by atoms with Crippen LogP contribution >= 0.6 is 15.9 Å². The van der Waals surface area contributed by atoms with Crippen molar-refractivity contribution in [2.45, 2.75) is 45.1 Å². The van der Waals surface area contributed by atoms with E-state index in [1.165, 1.54) is 12.8 Å². The molecule has 1 heterocycles. The third-order valence-electron chi connectivity index (χ3n) is 3.84. The van der Waals surface area contributed by atoms with Crippen LogP contribution in [0.3, 0.4) is 0 Å². The van der Waals surface area contributed by atoms with Crippen molar-refractivity contribution in [3.05, 3.63) is 22.3 Å². The van der Waals surface area contributed by atoms with Crippen LogP contribution in [0.15, 0.2) is 16.7 Å². The van der Waals surface area contributed by atoms with Gasteiger partial charge in [0, 0.05) is 12.7 Å². The number of hydrogen-bond donors (Lipinski definition) is 2. The molecule has 0 radical (unpaired) electrons. The average Bonchev–Trinajstić information content (AvgIpc) is 2.33. The molecule has 2 atom stereocenters. The Balaban J connectivity index is 2.19. The van der Waals surface area contributed by atoms with Gasteiger partial charge in [0.25, 0.3) is 0 Å². The number of hydrogen-bond acceptors (Lipinski definition) is 3. The molecule has 0 saturated heterocycles. The summed E-state index contributed by atoms with van der Waals surface area (Å²) in [4.78, 5) is 4.48. The zero-order valence-corrected chi connectivity index (χ0v) is 12.8. The van der Waals surface area contributed by atoms with E-state index in [2.05, 4.69) is 39.2 Å². The van der Waals surface area contributed by atoms with Gasteiger partial charge < -0.3 is 11.1 Å². The van der Waals surface area contributed by atoms with Crippen LogP contribution in [0, 0.1) is 12.8 Å². The lowest BCUT2D eigenvalue weighted by Crippen LogP contribution is -2.49. The first-order chi connectivity index (χ1) is 8.54. The van der Waals surface area contributed by atoms with Gasteiger partial charge in [0.05, 0.1) is 10.0 Å². The van der Waals surface area contributed by atoms with E-state index >= 15 is 0 Å². The zero-order valence-electron chi connectivity index (χ0n) is 11.2. The largest absolute Gasteiger partial charge is 0.362 e. The maximum absolute atomic E-state index is 6.02. The molecule has 0 aromatic carbocycles. The van der Waals surface area contributed by atoms with Gasteiger partial charge in [-0.1, -0.05) is 19.8 Å². The van der Waals surface area contributed by atoms with E-state index in [4.69, 9.17) is 5.73 Å². The summed E-state index contributed by atoms with van der Waals surface area (Å²) < 4.78 is 1.02. The van der Waals surface area contributed by atoms with Gasteiger partial charge in [0.2, 0.25) is 0 Å². The number of nitrogens with zero attached hydrogens (tertiary/aromatic N) is 1. The molecule has 0 bridgehead atoms. The summed E-state index contributed by atoms with van der Waals surface area (Å²) in [5, 5.41) is 3.59. The fraction of sp³-hybridized carbons (Fsp3) is 0.643. The molecule has 0 spiro atoms. The van der Waals surface area contributed by atoms with Crippen molar-refractivity contribution in [3.8, 4) is 0 Å². The molecule has 0 aliphatic heterocycles. The number of aromatic nitrogens is 1. The molecule has 1 aliphatic rings. The quantitative estimate of drug-likeness (QED) is 0.898. The zero-order chi connectivity index (χ0) is 13.2. The number of rotatable bonds is 3. The van der Waals surface area contributed by atoms with Gasteiger partial charge in [-0.15, -0.1) is 0 Å². The summed E-state index contributed by atoms with van der Waals surface area (Å²) in [6.07, 6.45) is 6.71. The van der Waals surface area contributed by atoms with Crippen molar-refractivity contribution < 1.29 is 0 Å². The summed E-state index contributed by atoms with van der Waals surface area (Å²) in [7, 11) is 0. The number of pyridine rings is 1. The number of anilines is 1. The highest BCUT2D eigenvalue weighted by Gasteiger charge is 2.34. The Morgan fingerprint density at radius 3 is 3.00 bits per heavy atom. The standard InChI is InChI=1S/C14H22BrN3/c1-10-4-3-5-14(7-10,9-16)18-13-12(15)6-11(2)8-17-13/h6,8,10H,3-5,7,9,16H2,1-2H3,(H,17,18). The molecular weight excluding hydrogens is 290 g/mol. The van der Waals surface area contributed by atoms with Crippen LogP contribution in [0.2, 0.25) is 0 Å². The molecule has 1 fully saturated rings. The SMILES string of the molecule is Cc1cnc(NC2(CN)CCCC(C)C2)c(Br)c1. The molecule has 1 saturated carbocycles. The van der Waals surface area contributed by atoms with Crippen LogP contribution in [-0.4, -0.2) is 17.1 Å². The molecule has 1 aromatic heterocycles. The number of aryl methyl sites for hydroxylation is 1. The molecule has 2 unspecified atom stereocenters. The Morgan fingerprint density at radius 1 is 1.61 bits per heavy atom. The van der Waals surface area contributed by atoms with Crippen molar-refractivity contribution in [1.29, 1.82) is 0 Å². The molecule has 100 valence electrons. The van der Waals surface area contributed by atoms with Crippen molar-refractivity contribution >= 4 is 21.7 Å². The number of nitrogens with one attached hydrogen (secondary N) is 1. The van der Waals surface area contributed by atoms with Crippen LogP contribution in [0.25, 0.3) is 0 Å². The van der Waals surface area contributed by atoms with Crippen LogP contribution in [-0.2, 0) is 0 Å². The second-order valence-corrected chi connectivity index (χ2v) is 6.51. The summed E-state index contributed by atoms with van der Waals surface area (Å²) in [6.45, 7) is 5.02. The molecule has 1 aliphatic carbocycles. The summed E-state index contributed by atoms with van der Waals surface area (Å²) in [5.41, 5.74) is 7.20. The highest BCUT2D eigenvalue weighted by molar-refractivity contribution is 9.10. The molecular formula is C14H22BrN3. The maximum Gasteiger partial charge on any atom is 0.140 e. The maximum atomic E-state index is 6.02. The highest BCUT2D eigenvalue weighted by Crippen LogP contribution is 2.35. The molecule has 1 aromatic rings. The van der Waals surface area contributed by atoms with Gasteiger partial charge in [-0.2, -0.15) is 0 Å². The first-order valence-electron chi connectivity index (χ1n) is 6.65. The minimum Gasteiger partial charge on any atom is -0.362 e. The van der Waals surface area contributed by atoms with Gasteiger partial charge in [0.1, 0.15) is 5.82 Å². The topological polar surface area (TPSA) is 50.9 Å². The second-order valence-electron chi connectivity index (χ2n) is 5.65. The summed E-state index contributed by atoms with van der Waals surface area (Å²) in [5.74, 6) is 1.65. The van der Waals surface area contributed by atoms with Crippen LogP contribution in [0.1, 0.15) is 38.2 Å². The van der Waals surface area contributed by atoms with Crippen molar-refractivity contribution in [1.82, 2.24) is 4.98 Å². The minimum atomic E-state index is 0.0163. The second kappa shape index (κ2) is 5.57. The van der Waals surface area contributed by atoms with Gasteiger partial charge in [-0.25, -0.2) is 4.98 Å². The normalized spacial score (nSPS) is 28.1. The summed E-state index contributed by atoms with van der Waals surface area (Å²) in [6, 6.07) is 2.09. The first kappa shape index (κ1) is 13.8. The Hall–Kier alpha value is -0.610. The Labute approximate surface area is 118 Å². The minimum absolute atomic E-state index is 0.0163. The number of nitrogens with two attached hydrogens (primary N) is 1. The molecule has 3 N–H and O–H groups in total. The summed E-state index contributed by atoms with van der Waals surface area (Å²) >= 11 is 3.58. The Morgan fingerprint density at radius 2 is 2.39 bits per heavy atom. The van der Waals surface area contributed by atoms with E-state index < -0.39 is 0 Å². The van der Waals surface area contributed by atoms with Crippen molar-refractivity contribution in [3.63, 3.8) is 0 Å². The van der Waals surface area contributed by atoms with E-state index in [-0.39, 0.29) is 5.54 Å². The Bertz CT molecular complexity index is 422. The third kappa shape index (κ3) is 3.04. The van der Waals surface area contributed by atoms with Crippen LogP contribution in [0.4, 0.5) is 5.82 Å². The predicted octanol–water partition coefficient (Wildman–Crippen LogP) is 3.47. The van der Waals surface area contributed by atoms with Gasteiger partial charge >= 0.3 is 0 Å². The highest BCUT2D eigenvalue weighted by atomic mass is 79.9. The lowest BCUT2D eigenvalue weighted by Gasteiger charge is -2.40. The van der Waals surface area contributed by atoms with E-state index in [1.54, 1.807) is 0 Å². The van der Waals surface area contributed by atoms with E-state index in [9.17, 15) is 0 Å². The lowest BCUT2D eigenvalue weighted by atomic mass is 9.76. The van der Waals surface area contributed by atoms with Gasteiger partial charge in [-0.05, 0) is 53.2 Å². The van der Waals surface area contributed by atoms with Crippen molar-refractivity contribution in [2.24, 2.45) is 11.7 Å². The van der Waals surface area contributed by atoms with Crippen LogP contribution < -0.4 is 11.1 Å². The third-order valence-corrected chi connectivity index (χ3v) is 4.45. The smallest absolute Gasteiger partial charge is 0.140 e. The van der Waals surface area contributed by atoms with E-state index in [1.807, 2.05) is 13.1 Å². The van der Waals surface area contributed by atoms with Crippen LogP contribution in [0.5, 0.6) is 0 Å².